The molecular weight excluding hydrogens is 414 g/mol. The Morgan fingerprint density at radius 2 is 1.80 bits per heavy atom. The number of hydrogen-bond acceptors (Lipinski definition) is 5. The summed E-state index contributed by atoms with van der Waals surface area (Å²) in [5.74, 6) is -0.320. The summed E-state index contributed by atoms with van der Waals surface area (Å²) in [6.45, 7) is 3.14. The highest BCUT2D eigenvalue weighted by Gasteiger charge is 2.38. The van der Waals surface area contributed by atoms with Crippen molar-refractivity contribution < 1.29 is 14.3 Å². The van der Waals surface area contributed by atoms with E-state index in [-0.39, 0.29) is 11.9 Å². The molecule has 30 heavy (non-hydrogen) atoms. The first kappa shape index (κ1) is 22.2. The number of ether oxygens (including phenoxy) is 1. The minimum Gasteiger partial charge on any atom is -0.457 e. The van der Waals surface area contributed by atoms with Crippen LogP contribution in [0.3, 0.4) is 0 Å². The maximum atomic E-state index is 13.4. The number of benzene rings is 2. The SMILES string of the molecule is CC(=O)O[C@@H](/C=C/c1ccccc1)[C@H](C)C(=O)N1C(=S)SC[C@@H]1Cc1ccccc1. The third kappa shape index (κ3) is 5.80. The first-order valence-corrected chi connectivity index (χ1v) is 11.3. The third-order valence-electron chi connectivity index (χ3n) is 4.97. The van der Waals surface area contributed by atoms with Gasteiger partial charge in [0.2, 0.25) is 5.91 Å². The molecule has 1 fully saturated rings. The Kier molecular flexibility index (Phi) is 7.82. The minimum atomic E-state index is -0.666. The lowest BCUT2D eigenvalue weighted by atomic mass is 9.99. The van der Waals surface area contributed by atoms with Crippen LogP contribution in [0.15, 0.2) is 66.7 Å². The second kappa shape index (κ2) is 10.5. The Balaban J connectivity index is 1.77. The van der Waals surface area contributed by atoms with Crippen molar-refractivity contribution in [3.8, 4) is 0 Å². The number of amides is 1. The fraction of sp³-hybridized carbons (Fsp3) is 0.292. The molecule has 0 N–H and O–H groups in total. The molecular formula is C24H25NO3S2. The predicted octanol–water partition coefficient (Wildman–Crippen LogP) is 4.74. The van der Waals surface area contributed by atoms with Crippen molar-refractivity contribution in [1.82, 2.24) is 4.90 Å². The van der Waals surface area contributed by atoms with Gasteiger partial charge >= 0.3 is 5.97 Å². The molecule has 1 aliphatic heterocycles. The lowest BCUT2D eigenvalue weighted by molar-refractivity contribution is -0.149. The molecule has 0 saturated carbocycles. The highest BCUT2D eigenvalue weighted by molar-refractivity contribution is 8.23. The number of thioether (sulfide) groups is 1. The third-order valence-corrected chi connectivity index (χ3v) is 6.52. The topological polar surface area (TPSA) is 46.6 Å². The summed E-state index contributed by atoms with van der Waals surface area (Å²) in [5.41, 5.74) is 2.14. The predicted molar refractivity (Wildman–Crippen MR) is 126 cm³/mol. The van der Waals surface area contributed by atoms with Gasteiger partial charge in [0.25, 0.3) is 0 Å². The Morgan fingerprint density at radius 1 is 1.17 bits per heavy atom. The van der Waals surface area contributed by atoms with Gasteiger partial charge in [0.15, 0.2) is 0 Å². The zero-order valence-electron chi connectivity index (χ0n) is 17.1. The second-order valence-electron chi connectivity index (χ2n) is 7.26. The van der Waals surface area contributed by atoms with Crippen LogP contribution in [0.5, 0.6) is 0 Å². The highest BCUT2D eigenvalue weighted by Crippen LogP contribution is 2.29. The molecule has 0 aromatic heterocycles. The molecule has 0 unspecified atom stereocenters. The van der Waals surface area contributed by atoms with Crippen LogP contribution in [0.25, 0.3) is 6.08 Å². The Morgan fingerprint density at radius 3 is 2.43 bits per heavy atom. The van der Waals surface area contributed by atoms with Crippen LogP contribution in [0.2, 0.25) is 0 Å². The van der Waals surface area contributed by atoms with Crippen molar-refractivity contribution in [2.45, 2.75) is 32.4 Å². The van der Waals surface area contributed by atoms with Crippen molar-refractivity contribution in [2.75, 3.05) is 5.75 Å². The fourth-order valence-electron chi connectivity index (χ4n) is 3.40. The smallest absolute Gasteiger partial charge is 0.303 e. The molecule has 0 aliphatic carbocycles. The van der Waals surface area contributed by atoms with Gasteiger partial charge in [-0.2, -0.15) is 0 Å². The van der Waals surface area contributed by atoms with Crippen molar-refractivity contribution in [1.29, 1.82) is 0 Å². The molecule has 1 saturated heterocycles. The molecule has 3 atom stereocenters. The maximum Gasteiger partial charge on any atom is 0.303 e. The summed E-state index contributed by atoms with van der Waals surface area (Å²) in [6, 6.07) is 19.8. The van der Waals surface area contributed by atoms with E-state index in [1.54, 1.807) is 17.9 Å². The van der Waals surface area contributed by atoms with Crippen LogP contribution in [-0.2, 0) is 20.7 Å². The largest absolute Gasteiger partial charge is 0.457 e. The van der Waals surface area contributed by atoms with Gasteiger partial charge in [0.1, 0.15) is 10.4 Å². The Labute approximate surface area is 187 Å². The normalized spacial score (nSPS) is 18.4. The van der Waals surface area contributed by atoms with E-state index >= 15 is 0 Å². The number of rotatable bonds is 7. The van der Waals surface area contributed by atoms with Crippen molar-refractivity contribution >= 4 is 46.3 Å². The van der Waals surface area contributed by atoms with Crippen LogP contribution in [0, 0.1) is 5.92 Å². The summed E-state index contributed by atoms with van der Waals surface area (Å²) < 4.78 is 6.06. The van der Waals surface area contributed by atoms with Gasteiger partial charge in [-0.1, -0.05) is 90.7 Å². The van der Waals surface area contributed by atoms with Crippen LogP contribution in [0.4, 0.5) is 0 Å². The number of carbonyl (C=O) groups is 2. The van der Waals surface area contributed by atoms with E-state index in [1.165, 1.54) is 24.2 Å². The number of nitrogens with zero attached hydrogens (tertiary/aromatic N) is 1. The van der Waals surface area contributed by atoms with Crippen LogP contribution in [-0.4, -0.2) is 39.0 Å². The van der Waals surface area contributed by atoms with Crippen molar-refractivity contribution in [3.05, 3.63) is 77.9 Å². The average Bonchev–Trinajstić information content (AvgIpc) is 3.11. The molecule has 4 nitrogen and oxygen atoms in total. The Hall–Kier alpha value is -2.44. The standard InChI is InChI=1S/C24H25NO3S2/c1-17(22(28-18(2)26)14-13-19-9-5-3-6-10-19)23(27)25-21(16-30-24(25)29)15-20-11-7-4-8-12-20/h3-14,17,21-22H,15-16H2,1-2H3/b14-13+/t17-,21-,22-/m0/s1. The zero-order chi connectivity index (χ0) is 21.5. The van der Waals surface area contributed by atoms with E-state index in [0.717, 1.165) is 17.7 Å². The molecule has 156 valence electrons. The van der Waals surface area contributed by atoms with Crippen molar-refractivity contribution in [3.63, 3.8) is 0 Å². The summed E-state index contributed by atoms with van der Waals surface area (Å²) in [4.78, 5) is 26.8. The van der Waals surface area contributed by atoms with Gasteiger partial charge in [0, 0.05) is 12.7 Å². The summed E-state index contributed by atoms with van der Waals surface area (Å²) >= 11 is 7.01. The molecule has 0 bridgehead atoms. The lowest BCUT2D eigenvalue weighted by Gasteiger charge is -2.29. The number of esters is 1. The first-order valence-electron chi connectivity index (χ1n) is 9.90. The van der Waals surface area contributed by atoms with Crippen LogP contribution in [0.1, 0.15) is 25.0 Å². The molecule has 6 heteroatoms. The molecule has 2 aromatic carbocycles. The van der Waals surface area contributed by atoms with Gasteiger partial charge in [-0.15, -0.1) is 0 Å². The van der Waals surface area contributed by atoms with Crippen LogP contribution < -0.4 is 0 Å². The number of carbonyl (C=O) groups excluding carboxylic acids is 2. The zero-order valence-corrected chi connectivity index (χ0v) is 18.7. The van der Waals surface area contributed by atoms with E-state index < -0.39 is 18.0 Å². The molecule has 2 aromatic rings. The fourth-order valence-corrected chi connectivity index (χ4v) is 4.82. The second-order valence-corrected chi connectivity index (χ2v) is 8.92. The molecule has 0 spiro atoms. The monoisotopic (exact) mass is 439 g/mol. The van der Waals surface area contributed by atoms with E-state index in [4.69, 9.17) is 17.0 Å². The molecule has 1 heterocycles. The molecule has 1 aliphatic rings. The highest BCUT2D eigenvalue weighted by atomic mass is 32.2. The summed E-state index contributed by atoms with van der Waals surface area (Å²) in [6.07, 6.45) is 3.72. The Bertz CT molecular complexity index is 915. The quantitative estimate of drug-likeness (QED) is 0.461. The van der Waals surface area contributed by atoms with E-state index in [1.807, 2.05) is 54.6 Å². The number of hydrogen-bond donors (Lipinski definition) is 0. The maximum absolute atomic E-state index is 13.4. The van der Waals surface area contributed by atoms with Gasteiger partial charge in [-0.05, 0) is 30.5 Å². The summed E-state index contributed by atoms with van der Waals surface area (Å²) in [5, 5.41) is 0. The average molecular weight is 440 g/mol. The van der Waals surface area contributed by atoms with E-state index in [0.29, 0.717) is 4.32 Å². The van der Waals surface area contributed by atoms with Gasteiger partial charge in [-0.3, -0.25) is 14.5 Å². The van der Waals surface area contributed by atoms with Crippen LogP contribution >= 0.6 is 24.0 Å². The summed E-state index contributed by atoms with van der Waals surface area (Å²) in [7, 11) is 0. The molecule has 1 amide bonds. The van der Waals surface area contributed by atoms with Gasteiger partial charge < -0.3 is 4.74 Å². The molecule has 3 rings (SSSR count). The number of thiocarbonyl (C=S) groups is 1. The van der Waals surface area contributed by atoms with Gasteiger partial charge in [0.05, 0.1) is 12.0 Å². The van der Waals surface area contributed by atoms with Crippen molar-refractivity contribution in [2.24, 2.45) is 5.92 Å². The lowest BCUT2D eigenvalue weighted by Crippen LogP contribution is -2.45. The molecule has 0 radical (unpaired) electrons. The van der Waals surface area contributed by atoms with E-state index in [2.05, 4.69) is 12.1 Å². The van der Waals surface area contributed by atoms with E-state index in [9.17, 15) is 9.59 Å². The minimum absolute atomic E-state index is 0.00377. The first-order chi connectivity index (χ1) is 14.5. The van der Waals surface area contributed by atoms with Gasteiger partial charge in [-0.25, -0.2) is 0 Å².